The molecule has 18 heavy (non-hydrogen) atoms. The quantitative estimate of drug-likeness (QED) is 0.823. The van der Waals surface area contributed by atoms with Gasteiger partial charge in [0.15, 0.2) is 0 Å². The maximum Gasteiger partial charge on any atom is 0.136 e. The molecule has 1 heterocycles. The fraction of sp³-hybridized carbons (Fsp3) is 0.333. The summed E-state index contributed by atoms with van der Waals surface area (Å²) in [5.74, 6) is 0.303. The van der Waals surface area contributed by atoms with Crippen molar-refractivity contribution in [2.24, 2.45) is 5.41 Å². The van der Waals surface area contributed by atoms with E-state index >= 15 is 0 Å². The molecule has 0 amide bonds. The van der Waals surface area contributed by atoms with Crippen molar-refractivity contribution in [2.45, 2.75) is 26.2 Å². The zero-order valence-corrected chi connectivity index (χ0v) is 10.5. The number of rotatable bonds is 4. The lowest BCUT2D eigenvalue weighted by molar-refractivity contribution is -0.122. The third-order valence-electron chi connectivity index (χ3n) is 3.78. The second kappa shape index (κ2) is 4.09. The first-order chi connectivity index (χ1) is 8.70. The summed E-state index contributed by atoms with van der Waals surface area (Å²) in [4.78, 5) is 11.6. The van der Waals surface area contributed by atoms with Crippen molar-refractivity contribution < 1.29 is 4.79 Å². The summed E-state index contributed by atoms with van der Waals surface area (Å²) in [6.07, 6.45) is 4.77. The van der Waals surface area contributed by atoms with Crippen LogP contribution in [-0.2, 0) is 11.2 Å². The highest BCUT2D eigenvalue weighted by molar-refractivity contribution is 5.85. The maximum atomic E-state index is 11.6. The van der Waals surface area contributed by atoms with Gasteiger partial charge in [0, 0.05) is 18.0 Å². The van der Waals surface area contributed by atoms with Gasteiger partial charge < -0.3 is 0 Å². The van der Waals surface area contributed by atoms with E-state index in [4.69, 9.17) is 0 Å². The first-order valence-corrected chi connectivity index (χ1v) is 6.31. The van der Waals surface area contributed by atoms with Crippen LogP contribution in [0.25, 0.3) is 5.69 Å². The van der Waals surface area contributed by atoms with E-state index < -0.39 is 0 Å². The molecule has 2 aromatic rings. The zero-order valence-electron chi connectivity index (χ0n) is 10.5. The van der Waals surface area contributed by atoms with Crippen LogP contribution in [0, 0.1) is 5.41 Å². The SMILES string of the molecule is CC(=O)C1(Cc2ccn(-c3ccccc3)n2)CC1. The smallest absolute Gasteiger partial charge is 0.136 e. The van der Waals surface area contributed by atoms with Crippen molar-refractivity contribution in [1.29, 1.82) is 0 Å². The molecule has 0 atom stereocenters. The van der Waals surface area contributed by atoms with Crippen LogP contribution in [-0.4, -0.2) is 15.6 Å². The van der Waals surface area contributed by atoms with Gasteiger partial charge in [0.2, 0.25) is 0 Å². The number of ketones is 1. The minimum absolute atomic E-state index is 0.101. The summed E-state index contributed by atoms with van der Waals surface area (Å²) in [5, 5.41) is 4.55. The van der Waals surface area contributed by atoms with Gasteiger partial charge in [-0.05, 0) is 38.0 Å². The molecule has 0 bridgehead atoms. The van der Waals surface area contributed by atoms with Crippen LogP contribution in [0.5, 0.6) is 0 Å². The minimum atomic E-state index is -0.101. The Labute approximate surface area is 106 Å². The predicted octanol–water partition coefficient (Wildman–Crippen LogP) is 2.78. The second-order valence-electron chi connectivity index (χ2n) is 5.10. The van der Waals surface area contributed by atoms with E-state index in [1.165, 1.54) is 0 Å². The van der Waals surface area contributed by atoms with Crippen LogP contribution in [0.2, 0.25) is 0 Å². The molecule has 3 heteroatoms. The lowest BCUT2D eigenvalue weighted by Crippen LogP contribution is -2.15. The number of Topliss-reactive ketones (excluding diaryl/α,β-unsaturated/α-hetero) is 1. The molecule has 92 valence electrons. The third-order valence-corrected chi connectivity index (χ3v) is 3.78. The van der Waals surface area contributed by atoms with Gasteiger partial charge in [-0.2, -0.15) is 5.10 Å². The first-order valence-electron chi connectivity index (χ1n) is 6.31. The molecule has 0 saturated heterocycles. The van der Waals surface area contributed by atoms with Crippen LogP contribution in [0.3, 0.4) is 0 Å². The lowest BCUT2D eigenvalue weighted by Gasteiger charge is -2.08. The number of carbonyl (C=O) groups excluding carboxylic acids is 1. The van der Waals surface area contributed by atoms with Crippen LogP contribution in [0.1, 0.15) is 25.5 Å². The third kappa shape index (κ3) is 1.96. The molecule has 1 saturated carbocycles. The lowest BCUT2D eigenvalue weighted by atomic mass is 9.96. The van der Waals surface area contributed by atoms with Crippen LogP contribution in [0.4, 0.5) is 0 Å². The minimum Gasteiger partial charge on any atom is -0.299 e. The Balaban J connectivity index is 1.81. The number of benzene rings is 1. The molecule has 3 rings (SSSR count). The normalized spacial score (nSPS) is 16.5. The van der Waals surface area contributed by atoms with E-state index in [9.17, 15) is 4.79 Å². The zero-order chi connectivity index (χ0) is 12.6. The molecule has 1 aromatic heterocycles. The Morgan fingerprint density at radius 1 is 1.28 bits per heavy atom. The number of hydrogen-bond donors (Lipinski definition) is 0. The summed E-state index contributed by atoms with van der Waals surface area (Å²) >= 11 is 0. The van der Waals surface area contributed by atoms with Gasteiger partial charge >= 0.3 is 0 Å². The van der Waals surface area contributed by atoms with E-state index in [0.717, 1.165) is 30.6 Å². The summed E-state index contributed by atoms with van der Waals surface area (Å²) in [5.41, 5.74) is 1.96. The van der Waals surface area contributed by atoms with Crippen molar-refractivity contribution in [2.75, 3.05) is 0 Å². The van der Waals surface area contributed by atoms with Crippen molar-refractivity contribution in [3.63, 3.8) is 0 Å². The van der Waals surface area contributed by atoms with Gasteiger partial charge in [-0.1, -0.05) is 18.2 Å². The average molecular weight is 240 g/mol. The molecule has 0 spiro atoms. The Morgan fingerprint density at radius 3 is 2.61 bits per heavy atom. The number of nitrogens with zero attached hydrogens (tertiary/aromatic N) is 2. The molecule has 0 unspecified atom stereocenters. The van der Waals surface area contributed by atoms with Gasteiger partial charge in [-0.3, -0.25) is 4.79 Å². The molecule has 3 nitrogen and oxygen atoms in total. The van der Waals surface area contributed by atoms with E-state index in [-0.39, 0.29) is 5.41 Å². The van der Waals surface area contributed by atoms with Gasteiger partial charge in [0.25, 0.3) is 0 Å². The first kappa shape index (κ1) is 11.2. The van der Waals surface area contributed by atoms with Gasteiger partial charge in [0.05, 0.1) is 11.4 Å². The summed E-state index contributed by atoms with van der Waals surface area (Å²) in [6, 6.07) is 12.0. The van der Waals surface area contributed by atoms with Gasteiger partial charge in [0.1, 0.15) is 5.78 Å². The number of para-hydroxylation sites is 1. The number of hydrogen-bond acceptors (Lipinski definition) is 2. The van der Waals surface area contributed by atoms with Crippen molar-refractivity contribution in [1.82, 2.24) is 9.78 Å². The predicted molar refractivity (Wildman–Crippen MR) is 69.6 cm³/mol. The fourth-order valence-corrected chi connectivity index (χ4v) is 2.33. The van der Waals surface area contributed by atoms with Gasteiger partial charge in [-0.15, -0.1) is 0 Å². The van der Waals surface area contributed by atoms with Gasteiger partial charge in [-0.25, -0.2) is 4.68 Å². The van der Waals surface area contributed by atoms with Crippen molar-refractivity contribution >= 4 is 5.78 Å². The number of carbonyl (C=O) groups is 1. The average Bonchev–Trinajstić information content (AvgIpc) is 3.01. The highest BCUT2D eigenvalue weighted by Gasteiger charge is 2.47. The van der Waals surface area contributed by atoms with E-state index in [2.05, 4.69) is 5.10 Å². The summed E-state index contributed by atoms with van der Waals surface area (Å²) in [6.45, 7) is 1.70. The highest BCUT2D eigenvalue weighted by Crippen LogP contribution is 2.48. The van der Waals surface area contributed by atoms with E-state index in [1.54, 1.807) is 6.92 Å². The Morgan fingerprint density at radius 2 is 2.00 bits per heavy atom. The van der Waals surface area contributed by atoms with Crippen LogP contribution in [0.15, 0.2) is 42.6 Å². The molecule has 1 aromatic carbocycles. The van der Waals surface area contributed by atoms with E-state index in [0.29, 0.717) is 5.78 Å². The topological polar surface area (TPSA) is 34.9 Å². The van der Waals surface area contributed by atoms with E-state index in [1.807, 2.05) is 47.3 Å². The molecule has 1 fully saturated rings. The molecule has 1 aliphatic rings. The Hall–Kier alpha value is -1.90. The molecule has 0 N–H and O–H groups in total. The number of aromatic nitrogens is 2. The largest absolute Gasteiger partial charge is 0.299 e. The summed E-state index contributed by atoms with van der Waals surface area (Å²) in [7, 11) is 0. The standard InChI is InChI=1S/C15H16N2O/c1-12(18)15(8-9-15)11-13-7-10-17(16-13)14-5-3-2-4-6-14/h2-7,10H,8-9,11H2,1H3. The maximum absolute atomic E-state index is 11.6. The Kier molecular flexibility index (Phi) is 2.54. The molecule has 0 radical (unpaired) electrons. The molecular formula is C15H16N2O. The molecule has 1 aliphatic carbocycles. The Bertz CT molecular complexity index is 567. The molecule has 0 aliphatic heterocycles. The highest BCUT2D eigenvalue weighted by atomic mass is 16.1. The summed E-state index contributed by atoms with van der Waals surface area (Å²) < 4.78 is 1.87. The fourth-order valence-electron chi connectivity index (χ4n) is 2.33. The van der Waals surface area contributed by atoms with Crippen LogP contribution < -0.4 is 0 Å². The monoisotopic (exact) mass is 240 g/mol. The van der Waals surface area contributed by atoms with Crippen LogP contribution >= 0.6 is 0 Å². The molecular weight excluding hydrogens is 224 g/mol. The second-order valence-corrected chi connectivity index (χ2v) is 5.10. The van der Waals surface area contributed by atoms with Crippen molar-refractivity contribution in [3.05, 3.63) is 48.3 Å². The van der Waals surface area contributed by atoms with Crippen molar-refractivity contribution in [3.8, 4) is 5.69 Å².